The van der Waals surface area contributed by atoms with E-state index in [4.69, 9.17) is 0 Å². The van der Waals surface area contributed by atoms with Gasteiger partial charge >= 0.3 is 179 Å². The van der Waals surface area contributed by atoms with Crippen LogP contribution in [0.5, 0.6) is 0 Å². The molecule has 155 valence electrons. The van der Waals surface area contributed by atoms with Gasteiger partial charge in [-0.25, -0.2) is 0 Å². The molecule has 1 aliphatic rings. The van der Waals surface area contributed by atoms with Crippen molar-refractivity contribution in [2.75, 3.05) is 0 Å². The first-order valence-corrected chi connectivity index (χ1v) is 21.4. The van der Waals surface area contributed by atoms with Gasteiger partial charge in [0.25, 0.3) is 0 Å². The minimum atomic E-state index is -3.15. The summed E-state index contributed by atoms with van der Waals surface area (Å²) in [6.07, 6.45) is 0. The Hall–Kier alpha value is -1.13. The summed E-state index contributed by atoms with van der Waals surface area (Å²) in [7, 11) is 2.29. The van der Waals surface area contributed by atoms with Crippen LogP contribution >= 0.6 is 0 Å². The van der Waals surface area contributed by atoms with E-state index in [9.17, 15) is 0 Å². The van der Waals surface area contributed by atoms with E-state index in [0.29, 0.717) is 4.22 Å². The Labute approximate surface area is 178 Å². The second-order valence-corrected chi connectivity index (χ2v) is 36.0. The first-order valence-electron chi connectivity index (χ1n) is 11.0. The predicted molar refractivity (Wildman–Crippen MR) is 128 cm³/mol. The molecule has 0 amide bonds. The fourth-order valence-electron chi connectivity index (χ4n) is 5.95. The molecule has 1 N–H and O–H groups in total. The summed E-state index contributed by atoms with van der Waals surface area (Å²) in [6, 6.07) is 16.2. The SMILES string of the molecule is Cc1ccc2c(c1)c1c(n2C)[CH]([Ti]([CH3])([CH3])([NH]C(C)(C)C)[SiH](C)C)c2ccccc2-1. The van der Waals surface area contributed by atoms with Gasteiger partial charge < -0.3 is 0 Å². The number of benzene rings is 2. The third-order valence-corrected chi connectivity index (χ3v) is 35.9. The van der Waals surface area contributed by atoms with Crippen LogP contribution in [-0.4, -0.2) is 16.8 Å². The van der Waals surface area contributed by atoms with E-state index in [1.165, 1.54) is 27.6 Å². The van der Waals surface area contributed by atoms with Gasteiger partial charge in [-0.3, -0.25) is 0 Å². The number of hydrogen-bond donors (Lipinski definition) is 1. The molecule has 29 heavy (non-hydrogen) atoms. The van der Waals surface area contributed by atoms with Crippen molar-refractivity contribution >= 4 is 17.6 Å². The van der Waals surface area contributed by atoms with Crippen molar-refractivity contribution in [1.29, 1.82) is 0 Å². The molecule has 4 heteroatoms. The van der Waals surface area contributed by atoms with E-state index in [-0.39, 0.29) is 5.54 Å². The maximum atomic E-state index is 4.36. The van der Waals surface area contributed by atoms with Crippen molar-refractivity contribution in [2.45, 2.75) is 61.0 Å². The van der Waals surface area contributed by atoms with Gasteiger partial charge in [-0.2, -0.15) is 0 Å². The second-order valence-electron chi connectivity index (χ2n) is 11.5. The molecule has 0 fully saturated rings. The van der Waals surface area contributed by atoms with Crippen LogP contribution in [0.2, 0.25) is 23.6 Å². The van der Waals surface area contributed by atoms with Crippen LogP contribution < -0.4 is 3.80 Å². The molecule has 2 nitrogen and oxygen atoms in total. The van der Waals surface area contributed by atoms with Crippen molar-refractivity contribution in [3.63, 3.8) is 0 Å². The van der Waals surface area contributed by atoms with Crippen molar-refractivity contribution in [3.8, 4) is 11.1 Å². The second kappa shape index (κ2) is 6.43. The van der Waals surface area contributed by atoms with E-state index in [2.05, 4.69) is 109 Å². The van der Waals surface area contributed by atoms with Crippen LogP contribution in [-0.2, 0) is 21.9 Å². The van der Waals surface area contributed by atoms with Gasteiger partial charge in [0.05, 0.1) is 0 Å². The Bertz CT molecular complexity index is 1120. The van der Waals surface area contributed by atoms with Gasteiger partial charge in [-0.1, -0.05) is 0 Å². The molecule has 1 heterocycles. The van der Waals surface area contributed by atoms with Crippen molar-refractivity contribution < 1.29 is 14.8 Å². The molecule has 1 unspecified atom stereocenters. The van der Waals surface area contributed by atoms with Crippen molar-refractivity contribution in [1.82, 2.24) is 8.37 Å². The molecule has 1 aliphatic carbocycles. The molecule has 3 aromatic rings. The van der Waals surface area contributed by atoms with Crippen molar-refractivity contribution in [2.24, 2.45) is 7.05 Å². The Morgan fingerprint density at radius 1 is 1.03 bits per heavy atom. The molecule has 1 atom stereocenters. The van der Waals surface area contributed by atoms with Gasteiger partial charge in [0.1, 0.15) is 0 Å². The van der Waals surface area contributed by atoms with E-state index < -0.39 is 21.5 Å². The Kier molecular flexibility index (Phi) is 4.68. The van der Waals surface area contributed by atoms with Crippen LogP contribution in [0.3, 0.4) is 0 Å². The molecule has 0 bridgehead atoms. The number of fused-ring (bicyclic) bond motifs is 5. The predicted octanol–water partition coefficient (Wildman–Crippen LogP) is 6.63. The molecule has 2 aromatic carbocycles. The van der Waals surface area contributed by atoms with E-state index in [1.54, 1.807) is 11.3 Å². The van der Waals surface area contributed by atoms with Crippen LogP contribution in [0.1, 0.15) is 41.8 Å². The van der Waals surface area contributed by atoms with Crippen LogP contribution in [0.15, 0.2) is 42.5 Å². The molecule has 0 saturated carbocycles. The third kappa shape index (κ3) is 3.05. The minimum absolute atomic E-state index is 0.122. The summed E-state index contributed by atoms with van der Waals surface area (Å²) in [5.41, 5.74) is 8.92. The third-order valence-electron chi connectivity index (χ3n) is 7.65. The number of rotatable bonds is 3. The molecule has 0 saturated heterocycles. The summed E-state index contributed by atoms with van der Waals surface area (Å²) in [5.74, 6) is 0. The fraction of sp³-hybridized carbons (Fsp3) is 0.440. The average Bonchev–Trinajstić information content (AvgIpc) is 3.07. The molecule has 1 aromatic heterocycles. The van der Waals surface area contributed by atoms with E-state index in [0.717, 1.165) is 0 Å². The molecule has 0 radical (unpaired) electrons. The quantitative estimate of drug-likeness (QED) is 0.452. The summed E-state index contributed by atoms with van der Waals surface area (Å²) in [6.45, 7) is 13.5. The normalized spacial score (nSPS) is 18.0. The first-order chi connectivity index (χ1) is 13.3. The summed E-state index contributed by atoms with van der Waals surface area (Å²) in [5, 5.41) is 6.81. The topological polar surface area (TPSA) is 17.0 Å². The molecule has 4 rings (SSSR count). The summed E-state index contributed by atoms with van der Waals surface area (Å²) >= 11 is -3.15. The number of aryl methyl sites for hydroxylation is 2. The maximum absolute atomic E-state index is 4.36. The Balaban J connectivity index is 2.13. The number of aromatic nitrogens is 1. The zero-order valence-corrected chi connectivity index (χ0v) is 22.4. The van der Waals surface area contributed by atoms with Gasteiger partial charge in [0, 0.05) is 0 Å². The number of nitrogens with zero attached hydrogens (tertiary/aromatic N) is 1. The monoisotopic (exact) mass is 441 g/mol. The summed E-state index contributed by atoms with van der Waals surface area (Å²) < 4.78 is 7.39. The van der Waals surface area contributed by atoms with Crippen LogP contribution in [0, 0.1) is 6.92 Å². The van der Waals surface area contributed by atoms with E-state index >= 15 is 0 Å². The number of hydrogen-bond acceptors (Lipinski definition) is 1. The van der Waals surface area contributed by atoms with Gasteiger partial charge in [-0.05, 0) is 0 Å². The molecule has 0 aliphatic heterocycles. The van der Waals surface area contributed by atoms with Crippen molar-refractivity contribution in [3.05, 3.63) is 59.3 Å². The Morgan fingerprint density at radius 3 is 2.31 bits per heavy atom. The van der Waals surface area contributed by atoms with Gasteiger partial charge in [0.2, 0.25) is 0 Å². The van der Waals surface area contributed by atoms with Crippen LogP contribution in [0.25, 0.3) is 22.0 Å². The molecular weight excluding hydrogens is 404 g/mol. The average molecular weight is 442 g/mol. The summed E-state index contributed by atoms with van der Waals surface area (Å²) in [4.78, 5) is 0. The standard InChI is InChI=1S/C17H14N.C4H10N.C2H7Si.2CH3.Ti/c1-11-7-8-15-14(9-11)17-13-6-4-3-5-12(13)10-16(17)18(15)2;1-4(2,3)5;1-3-2;;;/h3-10H,1-2H3;5H,1-3H3;3H,1-2H3;2*1H3;/q;-1;;;;+1. The van der Waals surface area contributed by atoms with Gasteiger partial charge in [-0.15, -0.1) is 0 Å². The molecular formula is C25H37N2SiTi. The Morgan fingerprint density at radius 2 is 1.69 bits per heavy atom. The first kappa shape index (κ1) is 21.1. The molecule has 0 spiro atoms. The van der Waals surface area contributed by atoms with E-state index in [1.807, 2.05) is 0 Å². The fourth-order valence-corrected chi connectivity index (χ4v) is 22.2. The zero-order chi connectivity index (χ0) is 21.4. The zero-order valence-electron chi connectivity index (χ0n) is 19.6. The van der Waals surface area contributed by atoms with Gasteiger partial charge in [0.15, 0.2) is 0 Å². The van der Waals surface area contributed by atoms with Crippen LogP contribution in [0.4, 0.5) is 0 Å². The number of nitrogens with one attached hydrogen (secondary N) is 1.